The van der Waals surface area contributed by atoms with E-state index >= 15 is 0 Å². The minimum absolute atomic E-state index is 0.0269. The van der Waals surface area contributed by atoms with Crippen molar-refractivity contribution in [3.8, 4) is 0 Å². The van der Waals surface area contributed by atoms with Gasteiger partial charge in [-0.15, -0.1) is 11.8 Å². The first-order valence-electron chi connectivity index (χ1n) is 9.94. The van der Waals surface area contributed by atoms with Crippen molar-refractivity contribution in [3.63, 3.8) is 0 Å². The molecule has 2 aromatic carbocycles. The quantitative estimate of drug-likeness (QED) is 0.774. The summed E-state index contributed by atoms with van der Waals surface area (Å²) in [5, 5.41) is 3.18. The highest BCUT2D eigenvalue weighted by Gasteiger charge is 2.28. The summed E-state index contributed by atoms with van der Waals surface area (Å²) in [7, 11) is 0. The van der Waals surface area contributed by atoms with E-state index in [1.165, 1.54) is 16.7 Å². The molecule has 0 radical (unpaired) electrons. The SMILES string of the molecule is O=C(CN1C(=O)CSc2ccc(C(=O)N3CCCCC3)cc21)Nc1ccccc1Cl. The van der Waals surface area contributed by atoms with Gasteiger partial charge in [-0.1, -0.05) is 23.7 Å². The van der Waals surface area contributed by atoms with Gasteiger partial charge in [0.25, 0.3) is 5.91 Å². The molecule has 0 bridgehead atoms. The van der Waals surface area contributed by atoms with Gasteiger partial charge in [-0.05, 0) is 49.6 Å². The lowest BCUT2D eigenvalue weighted by Crippen LogP contribution is -2.41. The minimum atomic E-state index is -0.345. The van der Waals surface area contributed by atoms with Gasteiger partial charge in [-0.3, -0.25) is 14.4 Å². The van der Waals surface area contributed by atoms with Crippen molar-refractivity contribution >= 4 is 52.5 Å². The summed E-state index contributed by atoms with van der Waals surface area (Å²) in [6, 6.07) is 12.4. The van der Waals surface area contributed by atoms with Gasteiger partial charge in [-0.25, -0.2) is 0 Å². The average molecular weight is 444 g/mol. The molecule has 0 atom stereocenters. The zero-order valence-electron chi connectivity index (χ0n) is 16.4. The summed E-state index contributed by atoms with van der Waals surface area (Å²) in [4.78, 5) is 42.3. The van der Waals surface area contributed by atoms with E-state index in [1.54, 1.807) is 36.4 Å². The lowest BCUT2D eigenvalue weighted by molar-refractivity contribution is -0.120. The first-order chi connectivity index (χ1) is 14.5. The molecule has 6 nitrogen and oxygen atoms in total. The molecule has 2 heterocycles. The summed E-state index contributed by atoms with van der Waals surface area (Å²) in [6.45, 7) is 1.38. The molecule has 30 heavy (non-hydrogen) atoms. The second kappa shape index (κ2) is 9.10. The molecule has 1 saturated heterocycles. The van der Waals surface area contributed by atoms with Crippen LogP contribution in [0.25, 0.3) is 0 Å². The van der Waals surface area contributed by atoms with Gasteiger partial charge in [0.05, 0.1) is 22.2 Å². The Labute approximate surface area is 184 Å². The van der Waals surface area contributed by atoms with Crippen LogP contribution in [-0.4, -0.2) is 48.0 Å². The van der Waals surface area contributed by atoms with E-state index in [9.17, 15) is 14.4 Å². The van der Waals surface area contributed by atoms with Crippen LogP contribution in [0.3, 0.4) is 0 Å². The predicted octanol–water partition coefficient (Wildman–Crippen LogP) is 4.04. The second-order valence-electron chi connectivity index (χ2n) is 7.33. The summed E-state index contributed by atoms with van der Waals surface area (Å²) in [5.74, 6) is -0.279. The van der Waals surface area contributed by atoms with Crippen molar-refractivity contribution in [2.75, 3.05) is 35.6 Å². The largest absolute Gasteiger partial charge is 0.339 e. The van der Waals surface area contributed by atoms with E-state index in [0.717, 1.165) is 37.2 Å². The first-order valence-corrected chi connectivity index (χ1v) is 11.3. The molecule has 0 aliphatic carbocycles. The number of anilines is 2. The third kappa shape index (κ3) is 4.47. The monoisotopic (exact) mass is 443 g/mol. The Balaban J connectivity index is 1.55. The molecule has 4 rings (SSSR count). The van der Waals surface area contributed by atoms with E-state index in [1.807, 2.05) is 11.0 Å². The summed E-state index contributed by atoms with van der Waals surface area (Å²) < 4.78 is 0. The molecule has 2 aliphatic rings. The Bertz CT molecular complexity index is 991. The molecule has 0 saturated carbocycles. The molecule has 2 aliphatic heterocycles. The zero-order valence-corrected chi connectivity index (χ0v) is 18.0. The maximum absolute atomic E-state index is 12.9. The number of carbonyl (C=O) groups excluding carboxylic acids is 3. The number of rotatable bonds is 4. The van der Waals surface area contributed by atoms with Gasteiger partial charge in [0.15, 0.2) is 0 Å². The van der Waals surface area contributed by atoms with Crippen LogP contribution in [0, 0.1) is 0 Å². The number of nitrogens with one attached hydrogen (secondary N) is 1. The average Bonchev–Trinajstić information content (AvgIpc) is 2.77. The van der Waals surface area contributed by atoms with Crippen molar-refractivity contribution in [1.29, 1.82) is 0 Å². The number of fused-ring (bicyclic) bond motifs is 1. The number of carbonyl (C=O) groups is 3. The Morgan fingerprint density at radius 1 is 1.07 bits per heavy atom. The number of hydrogen-bond donors (Lipinski definition) is 1. The van der Waals surface area contributed by atoms with Crippen LogP contribution >= 0.6 is 23.4 Å². The van der Waals surface area contributed by atoms with Crippen LogP contribution < -0.4 is 10.2 Å². The summed E-state index contributed by atoms with van der Waals surface area (Å²) in [5.41, 5.74) is 1.65. The van der Waals surface area contributed by atoms with Crippen molar-refractivity contribution in [3.05, 3.63) is 53.1 Å². The van der Waals surface area contributed by atoms with Gasteiger partial charge in [0.1, 0.15) is 6.54 Å². The number of benzene rings is 2. The number of nitrogens with zero attached hydrogens (tertiary/aromatic N) is 2. The van der Waals surface area contributed by atoms with Gasteiger partial charge in [0.2, 0.25) is 11.8 Å². The fourth-order valence-corrected chi connectivity index (χ4v) is 4.78. The highest BCUT2D eigenvalue weighted by Crippen LogP contribution is 2.36. The molecule has 8 heteroatoms. The number of amides is 3. The molecule has 0 spiro atoms. The van der Waals surface area contributed by atoms with E-state index in [4.69, 9.17) is 11.6 Å². The maximum Gasteiger partial charge on any atom is 0.253 e. The zero-order chi connectivity index (χ0) is 21.1. The van der Waals surface area contributed by atoms with Crippen molar-refractivity contribution in [2.24, 2.45) is 0 Å². The van der Waals surface area contributed by atoms with E-state index in [2.05, 4.69) is 5.32 Å². The van der Waals surface area contributed by atoms with Crippen LogP contribution in [-0.2, 0) is 9.59 Å². The number of hydrogen-bond acceptors (Lipinski definition) is 4. The van der Waals surface area contributed by atoms with Crippen LogP contribution in [0.15, 0.2) is 47.4 Å². The number of halogens is 1. The fraction of sp³-hybridized carbons (Fsp3) is 0.318. The first kappa shape index (κ1) is 20.8. The fourth-order valence-electron chi connectivity index (χ4n) is 3.68. The number of para-hydroxylation sites is 1. The van der Waals surface area contributed by atoms with Gasteiger partial charge in [-0.2, -0.15) is 0 Å². The molecule has 2 aromatic rings. The lowest BCUT2D eigenvalue weighted by atomic mass is 10.1. The second-order valence-corrected chi connectivity index (χ2v) is 8.76. The maximum atomic E-state index is 12.9. The van der Waals surface area contributed by atoms with Crippen LogP contribution in [0.4, 0.5) is 11.4 Å². The highest BCUT2D eigenvalue weighted by atomic mass is 35.5. The van der Waals surface area contributed by atoms with E-state index < -0.39 is 0 Å². The van der Waals surface area contributed by atoms with Gasteiger partial charge in [0, 0.05) is 23.5 Å². The Hall–Kier alpha value is -2.51. The molecule has 156 valence electrons. The Morgan fingerprint density at radius 3 is 2.60 bits per heavy atom. The third-order valence-electron chi connectivity index (χ3n) is 5.24. The summed E-state index contributed by atoms with van der Waals surface area (Å²) >= 11 is 7.53. The topological polar surface area (TPSA) is 69.7 Å². The molecule has 1 N–H and O–H groups in total. The molecule has 0 unspecified atom stereocenters. The third-order valence-corrected chi connectivity index (χ3v) is 6.62. The Kier molecular flexibility index (Phi) is 6.29. The standard InChI is InChI=1S/C22H22ClN3O3S/c23-16-6-2-3-7-17(16)24-20(27)13-26-18-12-15(8-9-19(18)30-14-21(26)28)22(29)25-10-4-1-5-11-25/h2-3,6-9,12H,1,4-5,10-11,13-14H2,(H,24,27). The van der Waals surface area contributed by atoms with Crippen LogP contribution in [0.5, 0.6) is 0 Å². The molecular weight excluding hydrogens is 422 g/mol. The number of piperidine rings is 1. The molecule has 1 fully saturated rings. The summed E-state index contributed by atoms with van der Waals surface area (Å²) in [6.07, 6.45) is 3.17. The molecular formula is C22H22ClN3O3S. The normalized spacial score (nSPS) is 16.2. The smallest absolute Gasteiger partial charge is 0.253 e. The van der Waals surface area contributed by atoms with Gasteiger partial charge >= 0.3 is 0 Å². The van der Waals surface area contributed by atoms with Crippen LogP contribution in [0.1, 0.15) is 29.6 Å². The van der Waals surface area contributed by atoms with Crippen molar-refractivity contribution in [2.45, 2.75) is 24.2 Å². The Morgan fingerprint density at radius 2 is 1.83 bits per heavy atom. The van der Waals surface area contributed by atoms with Gasteiger partial charge < -0.3 is 15.1 Å². The molecule has 3 amide bonds. The van der Waals surface area contributed by atoms with E-state index in [0.29, 0.717) is 22.0 Å². The van der Waals surface area contributed by atoms with E-state index in [-0.39, 0.29) is 30.0 Å². The lowest BCUT2D eigenvalue weighted by Gasteiger charge is -2.30. The molecule has 0 aromatic heterocycles. The number of likely N-dealkylation sites (tertiary alicyclic amines) is 1. The van der Waals surface area contributed by atoms with Crippen molar-refractivity contribution < 1.29 is 14.4 Å². The minimum Gasteiger partial charge on any atom is -0.339 e. The highest BCUT2D eigenvalue weighted by molar-refractivity contribution is 8.00. The van der Waals surface area contributed by atoms with Crippen LogP contribution in [0.2, 0.25) is 5.02 Å². The number of thioether (sulfide) groups is 1. The predicted molar refractivity (Wildman–Crippen MR) is 119 cm³/mol. The van der Waals surface area contributed by atoms with Crippen molar-refractivity contribution in [1.82, 2.24) is 4.90 Å².